The van der Waals surface area contributed by atoms with E-state index in [1.165, 1.54) is 11.1 Å². The van der Waals surface area contributed by atoms with Crippen molar-refractivity contribution in [1.29, 1.82) is 0 Å². The smallest absolute Gasteiger partial charge is 0.141 e. The van der Waals surface area contributed by atoms with Gasteiger partial charge in [-0.15, -0.1) is 0 Å². The molecule has 1 saturated heterocycles. The summed E-state index contributed by atoms with van der Waals surface area (Å²) in [6, 6.07) is 0. The van der Waals surface area contributed by atoms with E-state index in [0.29, 0.717) is 11.6 Å². The molecule has 1 aliphatic heterocycles. The van der Waals surface area contributed by atoms with Crippen molar-refractivity contribution in [2.45, 2.75) is 6.92 Å². The molecule has 1 fully saturated rings. The van der Waals surface area contributed by atoms with E-state index < -0.39 is 5.97 Å². The maximum atomic E-state index is 11.0. The summed E-state index contributed by atoms with van der Waals surface area (Å²) in [6.45, 7) is 5.33. The predicted molar refractivity (Wildman–Crippen MR) is 59.9 cm³/mol. The van der Waals surface area contributed by atoms with Gasteiger partial charge in [0.15, 0.2) is 0 Å². The van der Waals surface area contributed by atoms with Crippen LogP contribution in [0.15, 0.2) is 6.20 Å². The van der Waals surface area contributed by atoms with Crippen molar-refractivity contribution in [2.24, 2.45) is 0 Å². The van der Waals surface area contributed by atoms with Crippen LogP contribution in [-0.2, 0) is 0 Å². The molecule has 1 N–H and O–H groups in total. The molecule has 1 aromatic heterocycles. The van der Waals surface area contributed by atoms with Crippen molar-refractivity contribution in [3.05, 3.63) is 17.6 Å². The number of carboxylic acids is 1. The molecule has 0 atom stereocenters. The first-order valence-electron chi connectivity index (χ1n) is 5.69. The fraction of sp³-hybridized carbons (Fsp3) is 0.545. The van der Waals surface area contributed by atoms with E-state index in [0.717, 1.165) is 26.2 Å². The Labute approximate surface area is 99.9 Å². The highest BCUT2D eigenvalue weighted by Crippen LogP contribution is 2.16. The van der Waals surface area contributed by atoms with E-state index in [1.54, 1.807) is 6.92 Å². The third kappa shape index (κ3) is 2.52. The minimum absolute atomic E-state index is 0.0788. The largest absolute Gasteiger partial charge is 0.545 e. The highest BCUT2D eigenvalue weighted by Gasteiger charge is 2.21. The van der Waals surface area contributed by atoms with Crippen LogP contribution in [0, 0.1) is 6.92 Å². The second kappa shape index (κ2) is 4.67. The molecule has 17 heavy (non-hydrogen) atoms. The van der Waals surface area contributed by atoms with Gasteiger partial charge in [0.25, 0.3) is 0 Å². The maximum absolute atomic E-state index is 11.0. The van der Waals surface area contributed by atoms with Gasteiger partial charge in [-0.2, -0.15) is 0 Å². The van der Waals surface area contributed by atoms with Crippen LogP contribution in [0.5, 0.6) is 0 Å². The van der Waals surface area contributed by atoms with Crippen molar-refractivity contribution in [1.82, 2.24) is 9.97 Å². The highest BCUT2D eigenvalue weighted by atomic mass is 16.4. The Hall–Kier alpha value is -1.69. The monoisotopic (exact) mass is 236 g/mol. The standard InChI is InChI=1S/C11H16N4O2/c1-8-12-7-9(11(16)17)10(13-8)15-5-3-14(2)4-6-15/h7H,3-6H2,1-2H3,(H,16,17). The molecule has 2 heterocycles. The summed E-state index contributed by atoms with van der Waals surface area (Å²) < 4.78 is 0. The average molecular weight is 236 g/mol. The Morgan fingerprint density at radius 2 is 2.12 bits per heavy atom. The van der Waals surface area contributed by atoms with Gasteiger partial charge >= 0.3 is 0 Å². The third-order valence-corrected chi connectivity index (χ3v) is 3.03. The SMILES string of the molecule is Cc1ncc(C(=O)[O-])c(N2CC[NH+](C)CC2)n1. The van der Waals surface area contributed by atoms with Crippen molar-refractivity contribution in [3.8, 4) is 0 Å². The molecule has 6 heteroatoms. The number of hydrogen-bond acceptors (Lipinski definition) is 5. The maximum Gasteiger partial charge on any atom is 0.141 e. The van der Waals surface area contributed by atoms with Gasteiger partial charge in [0, 0.05) is 6.20 Å². The first-order valence-corrected chi connectivity index (χ1v) is 5.69. The van der Waals surface area contributed by atoms with Gasteiger partial charge in [0.2, 0.25) is 0 Å². The molecule has 0 radical (unpaired) electrons. The molecule has 0 spiro atoms. The normalized spacial score (nSPS) is 17.2. The molecular weight excluding hydrogens is 220 g/mol. The quantitative estimate of drug-likeness (QED) is 0.613. The fourth-order valence-corrected chi connectivity index (χ4v) is 1.94. The van der Waals surface area contributed by atoms with E-state index >= 15 is 0 Å². The Bertz CT molecular complexity index is 427. The number of aromatic nitrogens is 2. The van der Waals surface area contributed by atoms with Crippen LogP contribution in [0.25, 0.3) is 0 Å². The van der Waals surface area contributed by atoms with Gasteiger partial charge in [-0.25, -0.2) is 9.97 Å². The van der Waals surface area contributed by atoms with Crippen LogP contribution in [0.3, 0.4) is 0 Å². The van der Waals surface area contributed by atoms with Crippen molar-refractivity contribution in [2.75, 3.05) is 38.1 Å². The summed E-state index contributed by atoms with van der Waals surface area (Å²) in [7, 11) is 2.13. The van der Waals surface area contributed by atoms with E-state index in [2.05, 4.69) is 17.0 Å². The number of hydrogen-bond donors (Lipinski definition) is 1. The molecule has 2 rings (SSSR count). The van der Waals surface area contributed by atoms with Crippen LogP contribution >= 0.6 is 0 Å². The summed E-state index contributed by atoms with van der Waals surface area (Å²) >= 11 is 0. The lowest BCUT2D eigenvalue weighted by molar-refractivity contribution is -0.880. The van der Waals surface area contributed by atoms with E-state index in [1.807, 2.05) is 4.90 Å². The van der Waals surface area contributed by atoms with Crippen LogP contribution in [-0.4, -0.2) is 49.2 Å². The topological polar surface area (TPSA) is 73.6 Å². The fourth-order valence-electron chi connectivity index (χ4n) is 1.94. The zero-order valence-corrected chi connectivity index (χ0v) is 10.1. The van der Waals surface area contributed by atoms with Gasteiger partial charge in [-0.05, 0) is 6.92 Å². The lowest BCUT2D eigenvalue weighted by Gasteiger charge is -2.32. The molecule has 6 nitrogen and oxygen atoms in total. The van der Waals surface area contributed by atoms with E-state index in [-0.39, 0.29) is 5.56 Å². The second-order valence-corrected chi connectivity index (χ2v) is 4.39. The lowest BCUT2D eigenvalue weighted by atomic mass is 10.2. The van der Waals surface area contributed by atoms with Crippen molar-refractivity contribution < 1.29 is 14.8 Å². The Kier molecular flexibility index (Phi) is 3.23. The van der Waals surface area contributed by atoms with Crippen LogP contribution in [0.4, 0.5) is 5.82 Å². The first-order chi connectivity index (χ1) is 8.08. The summed E-state index contributed by atoms with van der Waals surface area (Å²) in [4.78, 5) is 22.6. The van der Waals surface area contributed by atoms with E-state index in [9.17, 15) is 9.90 Å². The van der Waals surface area contributed by atoms with Gasteiger partial charge < -0.3 is 19.7 Å². The van der Waals surface area contributed by atoms with Crippen LogP contribution < -0.4 is 14.9 Å². The molecule has 0 aromatic carbocycles. The molecule has 0 saturated carbocycles. The molecule has 1 aliphatic rings. The summed E-state index contributed by atoms with van der Waals surface area (Å²) in [5.74, 6) is -0.146. The third-order valence-electron chi connectivity index (χ3n) is 3.03. The first kappa shape index (κ1) is 11.8. The number of aromatic carboxylic acids is 1. The van der Waals surface area contributed by atoms with Gasteiger partial charge in [-0.1, -0.05) is 0 Å². The molecular formula is C11H16N4O2. The number of nitrogens with zero attached hydrogens (tertiary/aromatic N) is 3. The Morgan fingerprint density at radius 3 is 2.71 bits per heavy atom. The van der Waals surface area contributed by atoms with Gasteiger partial charge in [0.1, 0.15) is 11.6 Å². The molecule has 0 aliphatic carbocycles. The lowest BCUT2D eigenvalue weighted by Crippen LogP contribution is -3.12. The molecule has 92 valence electrons. The molecule has 1 aromatic rings. The number of quaternary nitrogens is 1. The summed E-state index contributed by atoms with van der Waals surface area (Å²) in [6.07, 6.45) is 1.33. The van der Waals surface area contributed by atoms with Gasteiger partial charge in [0.05, 0.1) is 44.8 Å². The number of aryl methyl sites for hydroxylation is 1. The predicted octanol–water partition coefficient (Wildman–Crippen LogP) is -2.52. The number of anilines is 1. The highest BCUT2D eigenvalue weighted by molar-refractivity contribution is 5.91. The number of piperazine rings is 1. The Balaban J connectivity index is 2.30. The zero-order chi connectivity index (χ0) is 12.4. The molecule has 0 bridgehead atoms. The van der Waals surface area contributed by atoms with Crippen LogP contribution in [0.1, 0.15) is 16.2 Å². The average Bonchev–Trinajstić information content (AvgIpc) is 2.29. The van der Waals surface area contributed by atoms with E-state index in [4.69, 9.17) is 0 Å². The molecule has 0 amide bonds. The van der Waals surface area contributed by atoms with Crippen LogP contribution in [0.2, 0.25) is 0 Å². The second-order valence-electron chi connectivity index (χ2n) is 4.39. The number of carbonyl (C=O) groups excluding carboxylic acids is 1. The number of nitrogens with one attached hydrogen (secondary N) is 1. The number of carboxylic acid groups (broad SMARTS) is 1. The van der Waals surface area contributed by atoms with Crippen molar-refractivity contribution >= 4 is 11.8 Å². The van der Waals surface area contributed by atoms with Gasteiger partial charge in [-0.3, -0.25) is 0 Å². The Morgan fingerprint density at radius 1 is 1.47 bits per heavy atom. The van der Waals surface area contributed by atoms with Crippen molar-refractivity contribution in [3.63, 3.8) is 0 Å². The minimum atomic E-state index is -1.22. The zero-order valence-electron chi connectivity index (χ0n) is 10.1. The number of rotatable bonds is 2. The summed E-state index contributed by atoms with van der Waals surface area (Å²) in [5.41, 5.74) is 0.0788. The summed E-state index contributed by atoms with van der Waals surface area (Å²) in [5, 5.41) is 11.0. The number of likely N-dealkylation sites (N-methyl/N-ethyl adjacent to an activating group) is 1. The minimum Gasteiger partial charge on any atom is -0.545 e. The number of carbonyl (C=O) groups is 1. The molecule has 0 unspecified atom stereocenters.